The molecular weight excluding hydrogens is 373 g/mol. The lowest BCUT2D eigenvalue weighted by atomic mass is 10.1. The van der Waals surface area contributed by atoms with E-state index >= 15 is 0 Å². The maximum absolute atomic E-state index is 13.2. The number of hydrogen-bond acceptors (Lipinski definition) is 5. The Hall–Kier alpha value is -2.50. The lowest BCUT2D eigenvalue weighted by Gasteiger charge is -2.38. The zero-order valence-corrected chi connectivity index (χ0v) is 16.5. The topological polar surface area (TPSA) is 93.7 Å². The van der Waals surface area contributed by atoms with Crippen molar-refractivity contribution < 1.29 is 14.0 Å². The van der Waals surface area contributed by atoms with Gasteiger partial charge in [0.15, 0.2) is 0 Å². The number of carbonyl (C=O) groups is 2. The number of benzene rings is 1. The minimum Gasteiger partial charge on any atom is -0.330 e. The van der Waals surface area contributed by atoms with Gasteiger partial charge in [-0.25, -0.2) is 4.39 Å². The Morgan fingerprint density at radius 1 is 1.38 bits per heavy atom. The third kappa shape index (κ3) is 3.49. The molecule has 3 aliphatic heterocycles. The summed E-state index contributed by atoms with van der Waals surface area (Å²) in [6, 6.07) is 6.96. The van der Waals surface area contributed by atoms with Gasteiger partial charge in [0.1, 0.15) is 11.9 Å². The molecule has 29 heavy (non-hydrogen) atoms. The predicted molar refractivity (Wildman–Crippen MR) is 104 cm³/mol. The molecule has 0 saturated carbocycles. The third-order valence-electron chi connectivity index (χ3n) is 6.52. The molecule has 3 unspecified atom stereocenters. The van der Waals surface area contributed by atoms with Gasteiger partial charge in [0.2, 0.25) is 11.8 Å². The van der Waals surface area contributed by atoms with Crippen LogP contribution in [0.5, 0.6) is 0 Å². The first-order chi connectivity index (χ1) is 13.9. The summed E-state index contributed by atoms with van der Waals surface area (Å²) >= 11 is 0. The van der Waals surface area contributed by atoms with Crippen molar-refractivity contribution in [2.24, 2.45) is 5.73 Å². The predicted octanol–water partition coefficient (Wildman–Crippen LogP) is 1.01. The minimum atomic E-state index is -0.737. The maximum atomic E-state index is 13.2. The molecule has 0 aromatic heterocycles. The lowest BCUT2D eigenvalue weighted by Crippen LogP contribution is -2.56. The SMILES string of the molecule is C[C@@H](c1ccc(F)cc1)N1C(=O)C2CC1CN2CC(N)C(=O)N1CCC[C@H]1C#N. The molecule has 1 aromatic rings. The number of piperazine rings is 1. The summed E-state index contributed by atoms with van der Waals surface area (Å²) in [5, 5.41) is 9.20. The van der Waals surface area contributed by atoms with Gasteiger partial charge in [-0.3, -0.25) is 14.5 Å². The van der Waals surface area contributed by atoms with Crippen molar-refractivity contribution in [3.8, 4) is 6.07 Å². The Balaban J connectivity index is 1.39. The Bertz CT molecular complexity index is 838. The molecule has 3 aliphatic rings. The first-order valence-corrected chi connectivity index (χ1v) is 10.2. The van der Waals surface area contributed by atoms with E-state index in [4.69, 9.17) is 5.73 Å². The van der Waals surface area contributed by atoms with Crippen molar-refractivity contribution >= 4 is 11.8 Å². The normalized spacial score (nSPS) is 28.6. The molecule has 3 fully saturated rings. The molecular formula is C21H26FN5O2. The Kier molecular flexibility index (Phi) is 5.28. The molecule has 0 spiro atoms. The van der Waals surface area contributed by atoms with E-state index in [-0.39, 0.29) is 35.8 Å². The van der Waals surface area contributed by atoms with Gasteiger partial charge in [0.05, 0.1) is 24.2 Å². The van der Waals surface area contributed by atoms with Gasteiger partial charge < -0.3 is 15.5 Å². The summed E-state index contributed by atoms with van der Waals surface area (Å²) in [6.45, 7) is 3.52. The van der Waals surface area contributed by atoms with Crippen LogP contribution in [0.3, 0.4) is 0 Å². The number of carbonyl (C=O) groups excluding carboxylic acids is 2. The van der Waals surface area contributed by atoms with Crippen molar-refractivity contribution in [1.82, 2.24) is 14.7 Å². The quantitative estimate of drug-likeness (QED) is 0.798. The number of nitrogens with zero attached hydrogens (tertiary/aromatic N) is 4. The van der Waals surface area contributed by atoms with Crippen LogP contribution in [0, 0.1) is 17.1 Å². The summed E-state index contributed by atoms with van der Waals surface area (Å²) in [7, 11) is 0. The summed E-state index contributed by atoms with van der Waals surface area (Å²) in [4.78, 5) is 31.1. The zero-order chi connectivity index (χ0) is 20.7. The van der Waals surface area contributed by atoms with Gasteiger partial charge in [0.25, 0.3) is 0 Å². The van der Waals surface area contributed by atoms with E-state index in [1.54, 1.807) is 17.0 Å². The highest BCUT2D eigenvalue weighted by Crippen LogP contribution is 2.38. The van der Waals surface area contributed by atoms with Crippen molar-refractivity contribution in [3.05, 3.63) is 35.6 Å². The van der Waals surface area contributed by atoms with Crippen LogP contribution in [0.15, 0.2) is 24.3 Å². The van der Waals surface area contributed by atoms with Crippen molar-refractivity contribution in [1.29, 1.82) is 5.26 Å². The molecule has 4 rings (SSSR count). The monoisotopic (exact) mass is 399 g/mol. The molecule has 2 bridgehead atoms. The van der Waals surface area contributed by atoms with Crippen LogP contribution >= 0.6 is 0 Å². The van der Waals surface area contributed by atoms with E-state index in [0.717, 1.165) is 18.4 Å². The van der Waals surface area contributed by atoms with Crippen LogP contribution in [0.1, 0.15) is 37.8 Å². The van der Waals surface area contributed by atoms with E-state index in [9.17, 15) is 19.2 Å². The maximum Gasteiger partial charge on any atom is 0.241 e. The van der Waals surface area contributed by atoms with Crippen LogP contribution in [0.4, 0.5) is 4.39 Å². The Morgan fingerprint density at radius 3 is 2.76 bits per heavy atom. The van der Waals surface area contributed by atoms with Crippen LogP contribution in [0.25, 0.3) is 0 Å². The fourth-order valence-electron chi connectivity index (χ4n) is 5.01. The molecule has 154 valence electrons. The fourth-order valence-corrected chi connectivity index (χ4v) is 5.01. The summed E-state index contributed by atoms with van der Waals surface area (Å²) in [6.07, 6.45) is 2.23. The van der Waals surface area contributed by atoms with E-state index in [1.165, 1.54) is 12.1 Å². The average molecular weight is 399 g/mol. The molecule has 8 heteroatoms. The number of nitrogens with two attached hydrogens (primary N) is 1. The van der Waals surface area contributed by atoms with Crippen LogP contribution in [0.2, 0.25) is 0 Å². The largest absolute Gasteiger partial charge is 0.330 e. The van der Waals surface area contributed by atoms with Crippen molar-refractivity contribution in [3.63, 3.8) is 0 Å². The second-order valence-electron chi connectivity index (χ2n) is 8.26. The molecule has 2 amide bonds. The summed E-state index contributed by atoms with van der Waals surface area (Å²) in [5.41, 5.74) is 7.07. The molecule has 0 aliphatic carbocycles. The number of rotatable bonds is 5. The van der Waals surface area contributed by atoms with Crippen LogP contribution in [-0.4, -0.2) is 70.3 Å². The second kappa shape index (κ2) is 7.73. The molecule has 3 heterocycles. The van der Waals surface area contributed by atoms with Crippen LogP contribution in [-0.2, 0) is 9.59 Å². The molecule has 1 aromatic carbocycles. The number of halogens is 1. The third-order valence-corrected chi connectivity index (χ3v) is 6.52. The summed E-state index contributed by atoms with van der Waals surface area (Å²) in [5.74, 6) is -0.466. The average Bonchev–Trinajstić information content (AvgIpc) is 3.41. The smallest absolute Gasteiger partial charge is 0.241 e. The molecule has 3 saturated heterocycles. The van der Waals surface area contributed by atoms with E-state index in [2.05, 4.69) is 6.07 Å². The highest BCUT2D eigenvalue weighted by molar-refractivity contribution is 5.87. The van der Waals surface area contributed by atoms with Gasteiger partial charge in [-0.15, -0.1) is 0 Å². The standard InChI is InChI=1S/C21H26FN5O2/c1-13(14-4-6-15(22)7-5-14)27-17-9-19(21(27)29)25(11-17)12-18(24)20(28)26-8-2-3-16(26)10-23/h4-7,13,16-19H,2-3,8-9,11-12,24H2,1H3/t13-,16-,17?,18?,19?/m0/s1. The molecule has 5 atom stereocenters. The van der Waals surface area contributed by atoms with E-state index in [1.807, 2.05) is 16.7 Å². The molecule has 0 radical (unpaired) electrons. The van der Waals surface area contributed by atoms with Gasteiger partial charge in [-0.05, 0) is 43.9 Å². The lowest BCUT2D eigenvalue weighted by molar-refractivity contribution is -0.140. The second-order valence-corrected chi connectivity index (χ2v) is 8.26. The number of fused-ring (bicyclic) bond motifs is 2. The number of likely N-dealkylation sites (tertiary alicyclic amines) is 3. The number of nitriles is 1. The van der Waals surface area contributed by atoms with Gasteiger partial charge in [-0.1, -0.05) is 12.1 Å². The molecule has 2 N–H and O–H groups in total. The van der Waals surface area contributed by atoms with Gasteiger partial charge in [0, 0.05) is 25.7 Å². The number of amides is 2. The van der Waals surface area contributed by atoms with Crippen molar-refractivity contribution in [2.45, 2.75) is 56.4 Å². The Labute approximate surface area is 169 Å². The minimum absolute atomic E-state index is 0.0359. The fraction of sp³-hybridized carbons (Fsp3) is 0.571. The highest BCUT2D eigenvalue weighted by Gasteiger charge is 2.51. The van der Waals surface area contributed by atoms with Crippen LogP contribution < -0.4 is 5.73 Å². The number of hydrogen-bond donors (Lipinski definition) is 1. The highest BCUT2D eigenvalue weighted by atomic mass is 19.1. The van der Waals surface area contributed by atoms with Gasteiger partial charge >= 0.3 is 0 Å². The van der Waals surface area contributed by atoms with E-state index in [0.29, 0.717) is 26.1 Å². The first-order valence-electron chi connectivity index (χ1n) is 10.2. The van der Waals surface area contributed by atoms with Gasteiger partial charge in [-0.2, -0.15) is 5.26 Å². The summed E-state index contributed by atoms with van der Waals surface area (Å²) < 4.78 is 13.2. The zero-order valence-electron chi connectivity index (χ0n) is 16.5. The Morgan fingerprint density at radius 2 is 2.10 bits per heavy atom. The van der Waals surface area contributed by atoms with E-state index < -0.39 is 12.1 Å². The molecule has 7 nitrogen and oxygen atoms in total. The van der Waals surface area contributed by atoms with Crippen molar-refractivity contribution in [2.75, 3.05) is 19.6 Å². The first kappa shape index (κ1) is 19.8.